The van der Waals surface area contributed by atoms with Gasteiger partial charge in [0, 0.05) is 33.5 Å². The van der Waals surface area contributed by atoms with Crippen LogP contribution in [0.15, 0.2) is 66.4 Å². The lowest BCUT2D eigenvalue weighted by atomic mass is 9.90. The summed E-state index contributed by atoms with van der Waals surface area (Å²) in [5, 5.41) is 19.8. The van der Waals surface area contributed by atoms with E-state index in [1.54, 1.807) is 7.05 Å². The number of rotatable bonds is 16. The number of aryl methyl sites for hydroxylation is 1. The van der Waals surface area contributed by atoms with E-state index in [9.17, 15) is 14.7 Å². The van der Waals surface area contributed by atoms with Gasteiger partial charge in [-0.2, -0.15) is 0 Å². The van der Waals surface area contributed by atoms with Gasteiger partial charge in [-0.05, 0) is 63.6 Å². The number of aliphatic hydroxyl groups is 1. The molecule has 2 N–H and O–H groups in total. The number of nitrogens with zero attached hydrogens (tertiary/aromatic N) is 1. The molecule has 0 saturated carbocycles. The first-order chi connectivity index (χ1) is 19.1. The van der Waals surface area contributed by atoms with Crippen molar-refractivity contribution in [1.82, 2.24) is 10.2 Å². The first kappa shape index (κ1) is 28.5. The predicted molar refractivity (Wildman–Crippen MR) is 156 cm³/mol. The Morgan fingerprint density at radius 2 is 1.72 bits per heavy atom. The Bertz CT molecular complexity index is 1400. The van der Waals surface area contributed by atoms with Crippen LogP contribution in [0.1, 0.15) is 31.2 Å². The summed E-state index contributed by atoms with van der Waals surface area (Å²) in [7, 11) is 3.06. The first-order valence-electron chi connectivity index (χ1n) is 13.6. The molecular weight excluding hydrogens is 492 g/mol. The second kappa shape index (κ2) is 14.0. The molecule has 7 heteroatoms. The molecule has 7 nitrogen and oxygen atoms in total. The lowest BCUT2D eigenvalue weighted by Crippen LogP contribution is -2.28. The van der Waals surface area contributed by atoms with Crippen LogP contribution in [-0.2, 0) is 25.5 Å². The molecule has 2 amide bonds. The highest BCUT2D eigenvalue weighted by molar-refractivity contribution is 6.23. The van der Waals surface area contributed by atoms with Crippen LogP contribution >= 0.6 is 0 Å². The summed E-state index contributed by atoms with van der Waals surface area (Å²) in [5.41, 5.74) is 1.74. The summed E-state index contributed by atoms with van der Waals surface area (Å²) in [5.74, 6) is -0.290. The third-order valence-corrected chi connectivity index (χ3v) is 7.33. The van der Waals surface area contributed by atoms with E-state index in [-0.39, 0.29) is 25.2 Å². The number of likely N-dealkylation sites (N-methyl/N-ethyl adjacent to an activating group) is 1. The van der Waals surface area contributed by atoms with Crippen molar-refractivity contribution < 1.29 is 24.2 Å². The topological polar surface area (TPSA) is 88.1 Å². The smallest absolute Gasteiger partial charge is 0.250 e. The highest BCUT2D eigenvalue weighted by atomic mass is 16.5. The van der Waals surface area contributed by atoms with E-state index in [0.717, 1.165) is 25.7 Å². The van der Waals surface area contributed by atoms with E-state index >= 15 is 0 Å². The molecule has 0 heterocycles. The molecule has 0 aliphatic rings. The fraction of sp³-hybridized carbons (Fsp3) is 0.375. The third kappa shape index (κ3) is 6.92. The summed E-state index contributed by atoms with van der Waals surface area (Å²) < 4.78 is 10.9. The minimum Gasteiger partial charge on any atom is -0.394 e. The van der Waals surface area contributed by atoms with Gasteiger partial charge in [0.25, 0.3) is 5.91 Å². The zero-order chi connectivity index (χ0) is 27.6. The molecule has 0 aromatic heterocycles. The molecule has 0 radical (unpaired) electrons. The van der Waals surface area contributed by atoms with Crippen molar-refractivity contribution in [2.45, 2.75) is 38.2 Å². The standard InChI is InChI=1S/C32H38N2O5/c1-33-32(37)27(19-34(22-36)17-16-28(20-35)38-2)21-39-18-5-3-4-7-23-10-11-26-13-12-24-8-6-9-25-14-15-29(23)31(26)30(24)25/h6,8-15,19,22,28,35H,3-5,7,16-18,20-21H2,1-2H3,(H,33,37)/b27-19-/t28-/m0/s1. The van der Waals surface area contributed by atoms with E-state index < -0.39 is 0 Å². The van der Waals surface area contributed by atoms with Crippen LogP contribution in [0.5, 0.6) is 0 Å². The van der Waals surface area contributed by atoms with Gasteiger partial charge in [0.15, 0.2) is 0 Å². The zero-order valence-corrected chi connectivity index (χ0v) is 22.8. The molecule has 0 aliphatic heterocycles. The summed E-state index contributed by atoms with van der Waals surface area (Å²) in [4.78, 5) is 25.2. The van der Waals surface area contributed by atoms with E-state index in [1.807, 2.05) is 0 Å². The van der Waals surface area contributed by atoms with Gasteiger partial charge in [0.05, 0.1) is 24.9 Å². The Hall–Kier alpha value is -3.52. The van der Waals surface area contributed by atoms with Crippen LogP contribution in [0.25, 0.3) is 32.3 Å². The van der Waals surface area contributed by atoms with Crippen LogP contribution in [0, 0.1) is 0 Å². The van der Waals surface area contributed by atoms with Crippen LogP contribution in [0.2, 0.25) is 0 Å². The Morgan fingerprint density at radius 3 is 2.41 bits per heavy atom. The van der Waals surface area contributed by atoms with E-state index in [2.05, 4.69) is 59.9 Å². The molecular formula is C32H38N2O5. The number of ether oxygens (including phenoxy) is 2. The van der Waals surface area contributed by atoms with Gasteiger partial charge in [-0.25, -0.2) is 0 Å². The van der Waals surface area contributed by atoms with Crippen molar-refractivity contribution in [1.29, 1.82) is 0 Å². The molecule has 0 saturated heterocycles. The van der Waals surface area contributed by atoms with Gasteiger partial charge in [-0.15, -0.1) is 0 Å². The predicted octanol–water partition coefficient (Wildman–Crippen LogP) is 4.80. The maximum atomic E-state index is 12.3. The summed E-state index contributed by atoms with van der Waals surface area (Å²) >= 11 is 0. The lowest BCUT2D eigenvalue weighted by Gasteiger charge is -2.18. The largest absolute Gasteiger partial charge is 0.394 e. The molecule has 4 aromatic carbocycles. The summed E-state index contributed by atoms with van der Waals surface area (Å²) in [6, 6.07) is 19.9. The number of carbonyl (C=O) groups excluding carboxylic acids is 2. The minimum absolute atomic E-state index is 0.118. The second-order valence-corrected chi connectivity index (χ2v) is 9.85. The molecule has 1 atom stereocenters. The number of hydrogen-bond donors (Lipinski definition) is 2. The van der Waals surface area contributed by atoms with Gasteiger partial charge in [-0.1, -0.05) is 61.0 Å². The van der Waals surface area contributed by atoms with Gasteiger partial charge >= 0.3 is 0 Å². The van der Waals surface area contributed by atoms with Gasteiger partial charge in [0.2, 0.25) is 6.41 Å². The second-order valence-electron chi connectivity index (χ2n) is 9.85. The molecule has 4 aromatic rings. The molecule has 0 unspecified atom stereocenters. The van der Waals surface area contributed by atoms with Crippen LogP contribution in [0.3, 0.4) is 0 Å². The van der Waals surface area contributed by atoms with Crippen molar-refractivity contribution in [3.05, 3.63) is 71.9 Å². The molecule has 0 aliphatic carbocycles. The number of unbranched alkanes of at least 4 members (excludes halogenated alkanes) is 2. The number of nitrogens with one attached hydrogen (secondary N) is 1. The Balaban J connectivity index is 1.28. The monoisotopic (exact) mass is 530 g/mol. The molecule has 0 bridgehead atoms. The van der Waals surface area contributed by atoms with Crippen molar-refractivity contribution in [3.63, 3.8) is 0 Å². The van der Waals surface area contributed by atoms with E-state index in [4.69, 9.17) is 9.47 Å². The van der Waals surface area contributed by atoms with Crippen LogP contribution < -0.4 is 5.32 Å². The Kier molecular flexibility index (Phi) is 10.3. The number of methoxy groups -OCH3 is 1. The minimum atomic E-state index is -0.359. The fourth-order valence-electron chi connectivity index (χ4n) is 5.14. The quantitative estimate of drug-likeness (QED) is 0.0941. The maximum Gasteiger partial charge on any atom is 0.250 e. The number of hydrogen-bond acceptors (Lipinski definition) is 5. The maximum absolute atomic E-state index is 12.3. The number of carbonyl (C=O) groups is 2. The van der Waals surface area contributed by atoms with Gasteiger partial charge in [0.1, 0.15) is 0 Å². The molecule has 0 spiro atoms. The van der Waals surface area contributed by atoms with Gasteiger partial charge < -0.3 is 24.8 Å². The Labute approximate surface area is 229 Å². The van der Waals surface area contributed by atoms with Crippen molar-refractivity contribution in [2.75, 3.05) is 40.5 Å². The van der Waals surface area contributed by atoms with Crippen molar-refractivity contribution >= 4 is 44.6 Å². The Morgan fingerprint density at radius 1 is 1.00 bits per heavy atom. The summed E-state index contributed by atoms with van der Waals surface area (Å²) in [6.07, 6.45) is 6.21. The van der Waals surface area contributed by atoms with Crippen LogP contribution in [0.4, 0.5) is 0 Å². The average molecular weight is 531 g/mol. The van der Waals surface area contributed by atoms with E-state index in [0.29, 0.717) is 31.6 Å². The average Bonchev–Trinajstić information content (AvgIpc) is 2.98. The highest BCUT2D eigenvalue weighted by Gasteiger charge is 2.13. The zero-order valence-electron chi connectivity index (χ0n) is 22.8. The lowest BCUT2D eigenvalue weighted by molar-refractivity contribution is -0.117. The fourth-order valence-corrected chi connectivity index (χ4v) is 5.14. The van der Waals surface area contributed by atoms with Crippen LogP contribution in [-0.4, -0.2) is 69.0 Å². The summed E-state index contributed by atoms with van der Waals surface area (Å²) in [6.45, 7) is 0.845. The number of benzene rings is 4. The van der Waals surface area contributed by atoms with Gasteiger partial charge in [-0.3, -0.25) is 9.59 Å². The molecule has 4 rings (SSSR count). The normalized spacial score (nSPS) is 12.8. The SMILES string of the molecule is CNC(=O)/C(=C\N(C=O)CC[C@@H](CO)OC)COCCCCCc1ccc2ccc3cccc4ccc1c2c34. The number of amides is 2. The van der Waals surface area contributed by atoms with Crippen molar-refractivity contribution in [2.24, 2.45) is 0 Å². The first-order valence-corrected chi connectivity index (χ1v) is 13.6. The van der Waals surface area contributed by atoms with E-state index in [1.165, 1.54) is 56.1 Å². The molecule has 206 valence electrons. The number of aliphatic hydroxyl groups excluding tert-OH is 1. The van der Waals surface area contributed by atoms with Crippen molar-refractivity contribution in [3.8, 4) is 0 Å². The highest BCUT2D eigenvalue weighted by Crippen LogP contribution is 2.36. The third-order valence-electron chi connectivity index (χ3n) is 7.33. The molecule has 0 fully saturated rings. The molecule has 39 heavy (non-hydrogen) atoms.